The highest BCUT2D eigenvalue weighted by Gasteiger charge is 2.13. The number of hydrogen-bond acceptors (Lipinski definition) is 6. The van der Waals surface area contributed by atoms with Crippen molar-refractivity contribution in [3.8, 4) is 16.4 Å². The quantitative estimate of drug-likeness (QED) is 0.581. The van der Waals surface area contributed by atoms with E-state index in [1.165, 1.54) is 22.3 Å². The number of benzene rings is 1. The van der Waals surface area contributed by atoms with E-state index in [2.05, 4.69) is 25.4 Å². The van der Waals surface area contributed by atoms with Gasteiger partial charge in [-0.05, 0) is 24.3 Å². The Morgan fingerprint density at radius 2 is 2.15 bits per heavy atom. The number of thiazole rings is 1. The maximum atomic E-state index is 12.4. The van der Waals surface area contributed by atoms with Crippen LogP contribution in [0.15, 0.2) is 60.6 Å². The summed E-state index contributed by atoms with van der Waals surface area (Å²) >= 11 is 7.39. The van der Waals surface area contributed by atoms with Crippen molar-refractivity contribution in [2.24, 2.45) is 0 Å². The van der Waals surface area contributed by atoms with Gasteiger partial charge in [0.1, 0.15) is 23.4 Å². The van der Waals surface area contributed by atoms with Crippen molar-refractivity contribution in [2.45, 2.75) is 0 Å². The molecule has 0 aliphatic rings. The average molecular weight is 383 g/mol. The van der Waals surface area contributed by atoms with Crippen molar-refractivity contribution in [1.29, 1.82) is 0 Å². The van der Waals surface area contributed by atoms with Crippen LogP contribution in [0.2, 0.25) is 5.02 Å². The van der Waals surface area contributed by atoms with Crippen LogP contribution < -0.4 is 5.32 Å². The van der Waals surface area contributed by atoms with Gasteiger partial charge < -0.3 is 5.32 Å². The first kappa shape index (κ1) is 16.4. The number of amides is 1. The van der Waals surface area contributed by atoms with Crippen molar-refractivity contribution in [3.63, 3.8) is 0 Å². The van der Waals surface area contributed by atoms with Gasteiger partial charge in [-0.1, -0.05) is 23.7 Å². The van der Waals surface area contributed by atoms with E-state index in [1.54, 1.807) is 36.1 Å². The fourth-order valence-corrected chi connectivity index (χ4v) is 3.24. The van der Waals surface area contributed by atoms with Crippen molar-refractivity contribution in [1.82, 2.24) is 24.7 Å². The molecule has 0 bridgehead atoms. The van der Waals surface area contributed by atoms with Crippen LogP contribution in [0.25, 0.3) is 16.4 Å². The molecule has 3 heterocycles. The number of hydrogen-bond donors (Lipinski definition) is 1. The summed E-state index contributed by atoms with van der Waals surface area (Å²) in [6, 6.07) is 10.8. The van der Waals surface area contributed by atoms with Gasteiger partial charge in [-0.15, -0.1) is 11.3 Å². The SMILES string of the molecule is O=C(Nc1ccc(-n2cncn2)nc1)c1csc(-c2cccc(Cl)c2)n1. The van der Waals surface area contributed by atoms with Crippen LogP contribution >= 0.6 is 22.9 Å². The third kappa shape index (κ3) is 3.46. The maximum absolute atomic E-state index is 12.4. The second-order valence-corrected chi connectivity index (χ2v) is 6.54. The second-order valence-electron chi connectivity index (χ2n) is 5.25. The third-order valence-electron chi connectivity index (χ3n) is 3.47. The van der Waals surface area contributed by atoms with Gasteiger partial charge in [0.15, 0.2) is 5.82 Å². The fourth-order valence-electron chi connectivity index (χ4n) is 2.25. The Balaban J connectivity index is 1.48. The molecule has 3 aromatic heterocycles. The first-order valence-corrected chi connectivity index (χ1v) is 8.79. The van der Waals surface area contributed by atoms with Gasteiger partial charge in [-0.25, -0.2) is 19.6 Å². The summed E-state index contributed by atoms with van der Waals surface area (Å²) in [6.07, 6.45) is 4.53. The summed E-state index contributed by atoms with van der Waals surface area (Å²) in [6.45, 7) is 0. The molecule has 0 aliphatic carbocycles. The van der Waals surface area contributed by atoms with Crippen LogP contribution in [-0.2, 0) is 0 Å². The van der Waals surface area contributed by atoms with Gasteiger partial charge in [0.2, 0.25) is 0 Å². The van der Waals surface area contributed by atoms with Crippen molar-refractivity contribution < 1.29 is 4.79 Å². The number of carbonyl (C=O) groups is 1. The molecule has 9 heteroatoms. The Morgan fingerprint density at radius 1 is 1.23 bits per heavy atom. The highest BCUT2D eigenvalue weighted by molar-refractivity contribution is 7.13. The second kappa shape index (κ2) is 7.03. The molecule has 0 spiro atoms. The standard InChI is InChI=1S/C17H11ClN6OS/c18-12-3-1-2-11(6-12)17-23-14(8-26-17)16(25)22-13-4-5-15(20-7-13)24-10-19-9-21-24/h1-10H,(H,22,25). The minimum atomic E-state index is -0.301. The van der Waals surface area contributed by atoms with Gasteiger partial charge >= 0.3 is 0 Å². The summed E-state index contributed by atoms with van der Waals surface area (Å²) in [7, 11) is 0. The summed E-state index contributed by atoms with van der Waals surface area (Å²) in [5.74, 6) is 0.308. The summed E-state index contributed by atoms with van der Waals surface area (Å²) in [5.41, 5.74) is 1.78. The highest BCUT2D eigenvalue weighted by atomic mass is 35.5. The van der Waals surface area contributed by atoms with Crippen LogP contribution in [0, 0.1) is 0 Å². The van der Waals surface area contributed by atoms with E-state index in [0.29, 0.717) is 22.2 Å². The molecule has 0 unspecified atom stereocenters. The molecule has 1 N–H and O–H groups in total. The van der Waals surface area contributed by atoms with Crippen LogP contribution in [0.5, 0.6) is 0 Å². The summed E-state index contributed by atoms with van der Waals surface area (Å²) in [5, 5.41) is 9.85. The Morgan fingerprint density at radius 3 is 2.88 bits per heavy atom. The van der Waals surface area contributed by atoms with Crippen molar-refractivity contribution in [2.75, 3.05) is 5.32 Å². The minimum Gasteiger partial charge on any atom is -0.319 e. The van der Waals surface area contributed by atoms with E-state index in [4.69, 9.17) is 11.6 Å². The predicted molar refractivity (Wildman–Crippen MR) is 99.7 cm³/mol. The number of pyridine rings is 1. The molecule has 4 rings (SSSR count). The molecule has 0 fully saturated rings. The predicted octanol–water partition coefficient (Wildman–Crippen LogP) is 3.69. The monoisotopic (exact) mass is 382 g/mol. The van der Waals surface area contributed by atoms with Crippen LogP contribution in [0.1, 0.15) is 10.5 Å². The number of anilines is 1. The zero-order valence-electron chi connectivity index (χ0n) is 13.2. The van der Waals surface area contributed by atoms with Crippen molar-refractivity contribution >= 4 is 34.5 Å². The Bertz CT molecular complexity index is 1050. The molecule has 0 atom stereocenters. The molecule has 4 aromatic rings. The van der Waals surface area contributed by atoms with Crippen molar-refractivity contribution in [3.05, 3.63) is 71.3 Å². The lowest BCUT2D eigenvalue weighted by atomic mass is 10.2. The Hall–Kier alpha value is -3.10. The van der Waals surface area contributed by atoms with Crippen LogP contribution in [0.3, 0.4) is 0 Å². The highest BCUT2D eigenvalue weighted by Crippen LogP contribution is 2.26. The van der Waals surface area contributed by atoms with Gasteiger partial charge in [0.05, 0.1) is 11.9 Å². The first-order chi connectivity index (χ1) is 12.7. The number of rotatable bonds is 4. The zero-order chi connectivity index (χ0) is 17.9. The third-order valence-corrected chi connectivity index (χ3v) is 4.59. The average Bonchev–Trinajstić information content (AvgIpc) is 3.35. The number of nitrogens with zero attached hydrogens (tertiary/aromatic N) is 5. The molecule has 26 heavy (non-hydrogen) atoms. The van der Waals surface area contributed by atoms with Gasteiger partial charge in [-0.3, -0.25) is 4.79 Å². The van der Waals surface area contributed by atoms with Gasteiger partial charge in [0.25, 0.3) is 5.91 Å². The molecule has 7 nitrogen and oxygen atoms in total. The molecule has 1 amide bonds. The van der Waals surface area contributed by atoms with Crippen LogP contribution in [-0.4, -0.2) is 30.6 Å². The van der Waals surface area contributed by atoms with Gasteiger partial charge in [-0.2, -0.15) is 5.10 Å². The molecule has 0 radical (unpaired) electrons. The van der Waals surface area contributed by atoms with E-state index in [9.17, 15) is 4.79 Å². The van der Waals surface area contributed by atoms with Gasteiger partial charge in [0, 0.05) is 16.0 Å². The lowest BCUT2D eigenvalue weighted by molar-refractivity contribution is 0.102. The first-order valence-electron chi connectivity index (χ1n) is 7.53. The number of aromatic nitrogens is 5. The number of halogens is 1. The Kier molecular flexibility index (Phi) is 4.42. The van der Waals surface area contributed by atoms with E-state index in [1.807, 2.05) is 18.2 Å². The lowest BCUT2D eigenvalue weighted by Crippen LogP contribution is -2.12. The molecular weight excluding hydrogens is 372 g/mol. The number of nitrogens with one attached hydrogen (secondary N) is 1. The molecule has 128 valence electrons. The van der Waals surface area contributed by atoms with Crippen LogP contribution in [0.4, 0.5) is 5.69 Å². The summed E-state index contributed by atoms with van der Waals surface area (Å²) in [4.78, 5) is 24.9. The lowest BCUT2D eigenvalue weighted by Gasteiger charge is -2.04. The molecule has 0 aliphatic heterocycles. The molecular formula is C17H11ClN6OS. The maximum Gasteiger partial charge on any atom is 0.275 e. The fraction of sp³-hybridized carbons (Fsp3) is 0. The molecule has 1 aromatic carbocycles. The normalized spacial score (nSPS) is 10.7. The summed E-state index contributed by atoms with van der Waals surface area (Å²) < 4.78 is 1.53. The zero-order valence-corrected chi connectivity index (χ0v) is 14.8. The van der Waals surface area contributed by atoms with E-state index < -0.39 is 0 Å². The smallest absolute Gasteiger partial charge is 0.275 e. The minimum absolute atomic E-state index is 0.301. The van der Waals surface area contributed by atoms with E-state index in [-0.39, 0.29) is 5.91 Å². The molecule has 0 saturated heterocycles. The molecule has 0 saturated carbocycles. The topological polar surface area (TPSA) is 85.6 Å². The Labute approximate surface area is 157 Å². The van der Waals surface area contributed by atoms with E-state index in [0.717, 1.165) is 10.6 Å². The number of carbonyl (C=O) groups excluding carboxylic acids is 1. The largest absolute Gasteiger partial charge is 0.319 e. The van der Waals surface area contributed by atoms with E-state index >= 15 is 0 Å².